The molecule has 2 aromatic carbocycles. The highest BCUT2D eigenvalue weighted by Crippen LogP contribution is 2.32. The molecule has 4 rings (SSSR count). The molecular formula is C20H20Cl2N4. The molecule has 0 aliphatic carbocycles. The molecule has 1 aliphatic heterocycles. The summed E-state index contributed by atoms with van der Waals surface area (Å²) in [6.07, 6.45) is 0. The second-order valence-electron chi connectivity index (χ2n) is 6.26. The summed E-state index contributed by atoms with van der Waals surface area (Å²) in [5.41, 5.74) is 5.08. The SMILES string of the molecule is CCN(CC)c1cccc2nc3n(c12)CCN=C3c1ccc(Cl)cc1Cl. The van der Waals surface area contributed by atoms with Gasteiger partial charge in [-0.05, 0) is 44.2 Å². The number of imidazole rings is 1. The van der Waals surface area contributed by atoms with E-state index in [-0.39, 0.29) is 0 Å². The fraction of sp³-hybridized carbons (Fsp3) is 0.300. The zero-order valence-electron chi connectivity index (χ0n) is 14.8. The van der Waals surface area contributed by atoms with Crippen LogP contribution in [-0.2, 0) is 6.54 Å². The number of hydrogen-bond donors (Lipinski definition) is 0. The summed E-state index contributed by atoms with van der Waals surface area (Å²) in [4.78, 5) is 12.0. The number of nitrogens with zero attached hydrogens (tertiary/aromatic N) is 4. The fourth-order valence-electron chi connectivity index (χ4n) is 3.60. The van der Waals surface area contributed by atoms with Crippen LogP contribution in [0, 0.1) is 0 Å². The Morgan fingerprint density at radius 3 is 2.65 bits per heavy atom. The Balaban J connectivity index is 1.92. The quantitative estimate of drug-likeness (QED) is 0.629. The van der Waals surface area contributed by atoms with Crippen molar-refractivity contribution in [2.75, 3.05) is 24.5 Å². The summed E-state index contributed by atoms with van der Waals surface area (Å²) < 4.78 is 2.27. The maximum Gasteiger partial charge on any atom is 0.160 e. The highest BCUT2D eigenvalue weighted by molar-refractivity contribution is 6.37. The Morgan fingerprint density at radius 2 is 1.92 bits per heavy atom. The first-order valence-corrected chi connectivity index (χ1v) is 9.64. The van der Waals surface area contributed by atoms with Gasteiger partial charge in [0.25, 0.3) is 0 Å². The van der Waals surface area contributed by atoms with Crippen LogP contribution in [0.3, 0.4) is 0 Å². The molecule has 134 valence electrons. The number of benzene rings is 2. The van der Waals surface area contributed by atoms with Crippen molar-refractivity contribution in [3.05, 3.63) is 57.8 Å². The number of halogens is 2. The molecule has 0 atom stereocenters. The zero-order chi connectivity index (χ0) is 18.3. The minimum Gasteiger partial charge on any atom is -0.370 e. The average molecular weight is 387 g/mol. The van der Waals surface area contributed by atoms with E-state index in [0.717, 1.165) is 42.3 Å². The Hall–Kier alpha value is -2.04. The molecule has 0 bridgehead atoms. The number of aromatic nitrogens is 2. The van der Waals surface area contributed by atoms with Crippen molar-refractivity contribution in [1.29, 1.82) is 0 Å². The van der Waals surface area contributed by atoms with Gasteiger partial charge in [-0.1, -0.05) is 29.3 Å². The van der Waals surface area contributed by atoms with Gasteiger partial charge in [0.15, 0.2) is 5.82 Å². The van der Waals surface area contributed by atoms with E-state index in [4.69, 9.17) is 33.2 Å². The topological polar surface area (TPSA) is 33.4 Å². The van der Waals surface area contributed by atoms with Crippen molar-refractivity contribution >= 4 is 45.6 Å². The lowest BCUT2D eigenvalue weighted by molar-refractivity contribution is 0.700. The first-order chi connectivity index (χ1) is 12.6. The third-order valence-electron chi connectivity index (χ3n) is 4.84. The van der Waals surface area contributed by atoms with Gasteiger partial charge in [-0.3, -0.25) is 4.99 Å². The first-order valence-electron chi connectivity index (χ1n) is 8.88. The zero-order valence-corrected chi connectivity index (χ0v) is 16.3. The average Bonchev–Trinajstić information content (AvgIpc) is 3.02. The smallest absolute Gasteiger partial charge is 0.160 e. The molecule has 0 N–H and O–H groups in total. The van der Waals surface area contributed by atoms with Gasteiger partial charge in [0.1, 0.15) is 5.71 Å². The molecule has 4 nitrogen and oxygen atoms in total. The Kier molecular flexibility index (Phi) is 4.63. The predicted molar refractivity (Wildman–Crippen MR) is 110 cm³/mol. The summed E-state index contributed by atoms with van der Waals surface area (Å²) >= 11 is 12.5. The van der Waals surface area contributed by atoms with E-state index in [2.05, 4.69) is 41.5 Å². The molecule has 0 unspecified atom stereocenters. The molecule has 1 aromatic heterocycles. The Labute approximate surface area is 163 Å². The molecule has 0 saturated carbocycles. The number of aliphatic imine (C=N–C) groups is 1. The molecule has 0 saturated heterocycles. The molecule has 0 fully saturated rings. The van der Waals surface area contributed by atoms with E-state index < -0.39 is 0 Å². The minimum atomic E-state index is 0.598. The van der Waals surface area contributed by atoms with Gasteiger partial charge in [-0.25, -0.2) is 4.98 Å². The number of fused-ring (bicyclic) bond motifs is 3. The first kappa shape index (κ1) is 17.4. The van der Waals surface area contributed by atoms with Gasteiger partial charge in [0.05, 0.1) is 28.3 Å². The lowest BCUT2D eigenvalue weighted by Gasteiger charge is -2.24. The van der Waals surface area contributed by atoms with Crippen molar-refractivity contribution in [1.82, 2.24) is 9.55 Å². The maximum absolute atomic E-state index is 6.44. The van der Waals surface area contributed by atoms with E-state index >= 15 is 0 Å². The minimum absolute atomic E-state index is 0.598. The van der Waals surface area contributed by atoms with Crippen molar-refractivity contribution < 1.29 is 0 Å². The molecular weight excluding hydrogens is 367 g/mol. The monoisotopic (exact) mass is 386 g/mol. The van der Waals surface area contributed by atoms with E-state index in [1.807, 2.05) is 12.1 Å². The van der Waals surface area contributed by atoms with Crippen LogP contribution in [-0.4, -0.2) is 34.9 Å². The molecule has 0 amide bonds. The standard InChI is InChI=1S/C20H20Cl2N4/c1-3-25(4-2)17-7-5-6-16-19(17)26-11-10-23-18(20(26)24-16)14-9-8-13(21)12-15(14)22/h5-9,12H,3-4,10-11H2,1-2H3. The molecule has 2 heterocycles. The summed E-state index contributed by atoms with van der Waals surface area (Å²) in [5.74, 6) is 0.870. The number of rotatable bonds is 4. The van der Waals surface area contributed by atoms with Gasteiger partial charge in [0, 0.05) is 30.2 Å². The van der Waals surface area contributed by atoms with Crippen molar-refractivity contribution in [3.63, 3.8) is 0 Å². The maximum atomic E-state index is 6.44. The summed E-state index contributed by atoms with van der Waals surface area (Å²) in [7, 11) is 0. The van der Waals surface area contributed by atoms with Crippen LogP contribution in [0.2, 0.25) is 10.0 Å². The van der Waals surface area contributed by atoms with E-state index in [1.54, 1.807) is 6.07 Å². The summed E-state index contributed by atoms with van der Waals surface area (Å²) in [5, 5.41) is 1.22. The molecule has 0 spiro atoms. The van der Waals surface area contributed by atoms with Gasteiger partial charge < -0.3 is 9.47 Å². The van der Waals surface area contributed by atoms with Crippen molar-refractivity contribution in [2.45, 2.75) is 20.4 Å². The van der Waals surface area contributed by atoms with Gasteiger partial charge in [-0.15, -0.1) is 0 Å². The van der Waals surface area contributed by atoms with Crippen LogP contribution < -0.4 is 4.90 Å². The molecule has 6 heteroatoms. The summed E-state index contributed by atoms with van der Waals surface area (Å²) in [6, 6.07) is 11.8. The highest BCUT2D eigenvalue weighted by Gasteiger charge is 2.24. The van der Waals surface area contributed by atoms with Gasteiger partial charge in [0.2, 0.25) is 0 Å². The van der Waals surface area contributed by atoms with E-state index in [0.29, 0.717) is 16.6 Å². The van der Waals surface area contributed by atoms with Crippen LogP contribution in [0.25, 0.3) is 11.0 Å². The second kappa shape index (κ2) is 6.93. The highest BCUT2D eigenvalue weighted by atomic mass is 35.5. The van der Waals surface area contributed by atoms with Crippen LogP contribution >= 0.6 is 23.2 Å². The van der Waals surface area contributed by atoms with Crippen LogP contribution in [0.15, 0.2) is 41.4 Å². The fourth-order valence-corrected chi connectivity index (χ4v) is 4.10. The lowest BCUT2D eigenvalue weighted by Crippen LogP contribution is -2.24. The van der Waals surface area contributed by atoms with Crippen LogP contribution in [0.5, 0.6) is 0 Å². The molecule has 3 aromatic rings. The molecule has 1 aliphatic rings. The predicted octanol–water partition coefficient (Wildman–Crippen LogP) is 5.04. The van der Waals surface area contributed by atoms with E-state index in [1.165, 1.54) is 11.2 Å². The van der Waals surface area contributed by atoms with Crippen LogP contribution in [0.1, 0.15) is 25.2 Å². The van der Waals surface area contributed by atoms with E-state index in [9.17, 15) is 0 Å². The third-order valence-corrected chi connectivity index (χ3v) is 5.39. The number of hydrogen-bond acceptors (Lipinski definition) is 3. The largest absolute Gasteiger partial charge is 0.370 e. The van der Waals surface area contributed by atoms with Crippen molar-refractivity contribution in [3.8, 4) is 0 Å². The molecule has 26 heavy (non-hydrogen) atoms. The number of para-hydroxylation sites is 1. The van der Waals surface area contributed by atoms with Crippen molar-refractivity contribution in [2.24, 2.45) is 4.99 Å². The van der Waals surface area contributed by atoms with Gasteiger partial charge in [-0.2, -0.15) is 0 Å². The number of anilines is 1. The lowest BCUT2D eigenvalue weighted by atomic mass is 10.1. The third kappa shape index (κ3) is 2.78. The normalized spacial score (nSPS) is 13.6. The second-order valence-corrected chi connectivity index (χ2v) is 7.10. The molecule has 0 radical (unpaired) electrons. The van der Waals surface area contributed by atoms with Crippen LogP contribution in [0.4, 0.5) is 5.69 Å². The summed E-state index contributed by atoms with van der Waals surface area (Å²) in [6.45, 7) is 7.80. The Morgan fingerprint density at radius 1 is 1.12 bits per heavy atom. The van der Waals surface area contributed by atoms with Gasteiger partial charge >= 0.3 is 0 Å². The Bertz CT molecular complexity index is 1000.